The molecule has 1 aliphatic rings. The summed E-state index contributed by atoms with van der Waals surface area (Å²) in [6, 6.07) is 14.8. The van der Waals surface area contributed by atoms with Crippen LogP contribution in [0.2, 0.25) is 0 Å². The molecule has 0 aliphatic carbocycles. The summed E-state index contributed by atoms with van der Waals surface area (Å²) in [6.07, 6.45) is 2.25. The van der Waals surface area contributed by atoms with E-state index in [0.29, 0.717) is 11.8 Å². The van der Waals surface area contributed by atoms with Crippen molar-refractivity contribution in [3.8, 4) is 0 Å². The highest BCUT2D eigenvalue weighted by Gasteiger charge is 2.33. The summed E-state index contributed by atoms with van der Waals surface area (Å²) in [5.74, 6) is 1.24. The zero-order valence-corrected chi connectivity index (χ0v) is 15.4. The number of piperazine rings is 1. The number of amides is 1. The van der Waals surface area contributed by atoms with Crippen LogP contribution < -0.4 is 0 Å². The van der Waals surface area contributed by atoms with Crippen LogP contribution >= 0.6 is 0 Å². The minimum Gasteiger partial charge on any atom is -0.456 e. The first-order valence-corrected chi connectivity index (χ1v) is 9.20. The third kappa shape index (κ3) is 4.31. The van der Waals surface area contributed by atoms with Crippen LogP contribution in [0.1, 0.15) is 42.1 Å². The lowest BCUT2D eigenvalue weighted by Gasteiger charge is -2.44. The lowest BCUT2D eigenvalue weighted by Crippen LogP contribution is -2.58. The Morgan fingerprint density at radius 3 is 2.52 bits per heavy atom. The van der Waals surface area contributed by atoms with Gasteiger partial charge in [-0.3, -0.25) is 9.69 Å². The molecule has 0 unspecified atom stereocenters. The first-order chi connectivity index (χ1) is 12.0. The van der Waals surface area contributed by atoms with Gasteiger partial charge in [0.1, 0.15) is 5.76 Å². The SMILES string of the molecule is Cc1ccc(C(=O)N2C[C@@H](C)N(CCCc3ccccc3)C[C@@H]2C)o1. The number of hydrogen-bond donors (Lipinski definition) is 0. The number of nitrogens with zero attached hydrogens (tertiary/aromatic N) is 2. The highest BCUT2D eigenvalue weighted by Crippen LogP contribution is 2.20. The fraction of sp³-hybridized carbons (Fsp3) is 0.476. The van der Waals surface area contributed by atoms with E-state index in [1.165, 1.54) is 5.56 Å². The predicted octanol–water partition coefficient (Wildman–Crippen LogP) is 3.76. The highest BCUT2D eigenvalue weighted by atomic mass is 16.3. The summed E-state index contributed by atoms with van der Waals surface area (Å²) in [4.78, 5) is 17.1. The number of rotatable bonds is 5. The average molecular weight is 340 g/mol. The molecule has 1 aromatic heterocycles. The maximum absolute atomic E-state index is 12.7. The van der Waals surface area contributed by atoms with Gasteiger partial charge in [0.25, 0.3) is 5.91 Å². The maximum atomic E-state index is 12.7. The van der Waals surface area contributed by atoms with E-state index >= 15 is 0 Å². The Morgan fingerprint density at radius 2 is 1.84 bits per heavy atom. The molecule has 4 nitrogen and oxygen atoms in total. The molecule has 1 amide bonds. The number of benzene rings is 1. The zero-order valence-electron chi connectivity index (χ0n) is 15.4. The summed E-state index contributed by atoms with van der Waals surface area (Å²) >= 11 is 0. The molecule has 1 saturated heterocycles. The molecule has 0 radical (unpaired) electrons. The van der Waals surface area contributed by atoms with Crippen LogP contribution in [0, 0.1) is 6.92 Å². The number of carbonyl (C=O) groups is 1. The highest BCUT2D eigenvalue weighted by molar-refractivity contribution is 5.91. The molecule has 3 rings (SSSR count). The number of furan rings is 1. The molecular formula is C21H28N2O2. The lowest BCUT2D eigenvalue weighted by molar-refractivity contribution is 0.0290. The van der Waals surface area contributed by atoms with E-state index in [0.717, 1.165) is 38.2 Å². The topological polar surface area (TPSA) is 36.7 Å². The molecule has 1 aromatic carbocycles. The van der Waals surface area contributed by atoms with Gasteiger partial charge in [0, 0.05) is 25.2 Å². The van der Waals surface area contributed by atoms with Crippen molar-refractivity contribution in [2.45, 2.75) is 45.7 Å². The molecule has 0 saturated carbocycles. The van der Waals surface area contributed by atoms with Gasteiger partial charge >= 0.3 is 0 Å². The molecule has 0 bridgehead atoms. The van der Waals surface area contributed by atoms with Gasteiger partial charge in [-0.05, 0) is 57.9 Å². The van der Waals surface area contributed by atoms with Crippen LogP contribution in [0.25, 0.3) is 0 Å². The minimum atomic E-state index is 0.0105. The van der Waals surface area contributed by atoms with Gasteiger partial charge in [0.2, 0.25) is 0 Å². The average Bonchev–Trinajstić information content (AvgIpc) is 3.04. The summed E-state index contributed by atoms with van der Waals surface area (Å²) in [6.45, 7) is 8.95. The van der Waals surface area contributed by atoms with Crippen LogP contribution in [0.15, 0.2) is 46.9 Å². The van der Waals surface area contributed by atoms with Gasteiger partial charge in [0.05, 0.1) is 0 Å². The molecule has 2 heterocycles. The van der Waals surface area contributed by atoms with Crippen molar-refractivity contribution in [3.63, 3.8) is 0 Å². The van der Waals surface area contributed by atoms with Gasteiger partial charge in [-0.15, -0.1) is 0 Å². The summed E-state index contributed by atoms with van der Waals surface area (Å²) < 4.78 is 5.52. The third-order valence-electron chi connectivity index (χ3n) is 5.08. The van der Waals surface area contributed by atoms with E-state index < -0.39 is 0 Å². The number of carbonyl (C=O) groups excluding carboxylic acids is 1. The van der Waals surface area contributed by atoms with E-state index in [-0.39, 0.29) is 11.9 Å². The van der Waals surface area contributed by atoms with Gasteiger partial charge < -0.3 is 9.32 Å². The van der Waals surface area contributed by atoms with Gasteiger partial charge in [-0.1, -0.05) is 30.3 Å². The molecule has 0 spiro atoms. The Balaban J connectivity index is 1.54. The van der Waals surface area contributed by atoms with Crippen molar-refractivity contribution in [3.05, 3.63) is 59.5 Å². The maximum Gasteiger partial charge on any atom is 0.289 e. The molecule has 2 atom stereocenters. The Hall–Kier alpha value is -2.07. The normalized spacial score (nSPS) is 21.5. The van der Waals surface area contributed by atoms with E-state index in [9.17, 15) is 4.79 Å². The van der Waals surface area contributed by atoms with Crippen molar-refractivity contribution in [1.82, 2.24) is 9.80 Å². The molecule has 1 aliphatic heterocycles. The Labute approximate surface area is 150 Å². The minimum absolute atomic E-state index is 0.0105. The van der Waals surface area contributed by atoms with E-state index in [1.807, 2.05) is 17.9 Å². The summed E-state index contributed by atoms with van der Waals surface area (Å²) in [5.41, 5.74) is 1.39. The first kappa shape index (κ1) is 17.7. The predicted molar refractivity (Wildman–Crippen MR) is 99.7 cm³/mol. The van der Waals surface area contributed by atoms with Crippen molar-refractivity contribution in [2.75, 3.05) is 19.6 Å². The van der Waals surface area contributed by atoms with E-state index in [4.69, 9.17) is 4.42 Å². The molecule has 4 heteroatoms. The number of aryl methyl sites for hydroxylation is 2. The molecule has 2 aromatic rings. The second-order valence-corrected chi connectivity index (χ2v) is 7.15. The zero-order chi connectivity index (χ0) is 17.8. The van der Waals surface area contributed by atoms with E-state index in [2.05, 4.69) is 49.1 Å². The van der Waals surface area contributed by atoms with Crippen LogP contribution in [0.4, 0.5) is 0 Å². The third-order valence-corrected chi connectivity index (χ3v) is 5.08. The lowest BCUT2D eigenvalue weighted by atomic mass is 10.1. The van der Waals surface area contributed by atoms with Crippen LogP contribution in [0.5, 0.6) is 0 Å². The van der Waals surface area contributed by atoms with Crippen molar-refractivity contribution < 1.29 is 9.21 Å². The van der Waals surface area contributed by atoms with Gasteiger partial charge in [0.15, 0.2) is 5.76 Å². The molecule has 134 valence electrons. The largest absolute Gasteiger partial charge is 0.456 e. The van der Waals surface area contributed by atoms with Crippen molar-refractivity contribution >= 4 is 5.91 Å². The van der Waals surface area contributed by atoms with E-state index in [1.54, 1.807) is 6.07 Å². The second-order valence-electron chi connectivity index (χ2n) is 7.15. The van der Waals surface area contributed by atoms with Crippen LogP contribution in [-0.4, -0.2) is 47.4 Å². The standard InChI is InChI=1S/C21H28N2O2/c1-16-15-23(21(24)20-12-11-18(3)25-20)17(2)14-22(16)13-7-10-19-8-5-4-6-9-19/h4-6,8-9,11-12,16-17H,7,10,13-15H2,1-3H3/t16-,17+/m1/s1. The molecule has 1 fully saturated rings. The van der Waals surface area contributed by atoms with Crippen molar-refractivity contribution in [2.24, 2.45) is 0 Å². The second kappa shape index (κ2) is 7.87. The first-order valence-electron chi connectivity index (χ1n) is 9.20. The molecule has 0 N–H and O–H groups in total. The fourth-order valence-corrected chi connectivity index (χ4v) is 3.61. The smallest absolute Gasteiger partial charge is 0.289 e. The van der Waals surface area contributed by atoms with Gasteiger partial charge in [-0.2, -0.15) is 0 Å². The van der Waals surface area contributed by atoms with Crippen LogP contribution in [-0.2, 0) is 6.42 Å². The van der Waals surface area contributed by atoms with Gasteiger partial charge in [-0.25, -0.2) is 0 Å². The monoisotopic (exact) mass is 340 g/mol. The molecule has 25 heavy (non-hydrogen) atoms. The summed E-state index contributed by atoms with van der Waals surface area (Å²) in [7, 11) is 0. The Morgan fingerprint density at radius 1 is 1.08 bits per heavy atom. The van der Waals surface area contributed by atoms with Crippen molar-refractivity contribution in [1.29, 1.82) is 0 Å². The fourth-order valence-electron chi connectivity index (χ4n) is 3.61. The summed E-state index contributed by atoms with van der Waals surface area (Å²) in [5, 5.41) is 0. The van der Waals surface area contributed by atoms with Crippen LogP contribution in [0.3, 0.4) is 0 Å². The Bertz CT molecular complexity index is 695. The quantitative estimate of drug-likeness (QED) is 0.832. The number of hydrogen-bond acceptors (Lipinski definition) is 3. The Kier molecular flexibility index (Phi) is 5.59. The molecular weight excluding hydrogens is 312 g/mol.